The first kappa shape index (κ1) is 8.23. The Bertz CT molecular complexity index is 576. The van der Waals surface area contributed by atoms with Gasteiger partial charge in [0, 0.05) is 6.20 Å². The van der Waals surface area contributed by atoms with Crippen molar-refractivity contribution < 1.29 is 4.42 Å². The number of nitrogens with zero attached hydrogens (tertiary/aromatic N) is 2. The van der Waals surface area contributed by atoms with E-state index in [1.807, 2.05) is 25.1 Å². The van der Waals surface area contributed by atoms with Crippen molar-refractivity contribution in [2.75, 3.05) is 0 Å². The zero-order valence-corrected chi connectivity index (χ0v) is 8.19. The molecule has 0 amide bonds. The lowest BCUT2D eigenvalue weighted by Crippen LogP contribution is -1.74. The second-order valence-electron chi connectivity index (χ2n) is 3.39. The first-order valence-corrected chi connectivity index (χ1v) is 4.69. The summed E-state index contributed by atoms with van der Waals surface area (Å²) in [6, 6.07) is 5.69. The number of aromatic nitrogens is 3. The number of imidazole rings is 1. The van der Waals surface area contributed by atoms with Gasteiger partial charge in [-0.25, -0.2) is 4.98 Å². The molecule has 0 aliphatic heterocycles. The van der Waals surface area contributed by atoms with Crippen molar-refractivity contribution in [3.05, 3.63) is 36.4 Å². The van der Waals surface area contributed by atoms with E-state index in [1.54, 1.807) is 12.4 Å². The average molecular weight is 199 g/mol. The number of furan rings is 1. The van der Waals surface area contributed by atoms with Crippen LogP contribution in [-0.2, 0) is 0 Å². The van der Waals surface area contributed by atoms with Crippen molar-refractivity contribution in [1.29, 1.82) is 0 Å². The van der Waals surface area contributed by atoms with Crippen molar-refractivity contribution in [2.24, 2.45) is 0 Å². The number of nitrogens with one attached hydrogen (secondary N) is 1. The second-order valence-corrected chi connectivity index (χ2v) is 3.39. The number of aromatic amines is 1. The van der Waals surface area contributed by atoms with Crippen molar-refractivity contribution >= 4 is 11.0 Å². The minimum atomic E-state index is 0.742. The van der Waals surface area contributed by atoms with Gasteiger partial charge in [-0.15, -0.1) is 0 Å². The summed E-state index contributed by atoms with van der Waals surface area (Å²) in [6.45, 7) is 1.91. The summed E-state index contributed by atoms with van der Waals surface area (Å²) in [5.74, 6) is 2.37. The second kappa shape index (κ2) is 2.95. The third-order valence-corrected chi connectivity index (χ3v) is 2.26. The Hall–Kier alpha value is -2.10. The van der Waals surface area contributed by atoms with Gasteiger partial charge in [-0.05, 0) is 25.1 Å². The number of aryl methyl sites for hydroxylation is 1. The molecule has 74 valence electrons. The number of hydrogen-bond acceptors (Lipinski definition) is 3. The molecule has 3 aromatic heterocycles. The molecule has 0 aromatic carbocycles. The minimum absolute atomic E-state index is 0.742. The molecule has 0 saturated heterocycles. The Morgan fingerprint density at radius 3 is 2.93 bits per heavy atom. The van der Waals surface area contributed by atoms with Gasteiger partial charge in [0.1, 0.15) is 5.76 Å². The van der Waals surface area contributed by atoms with E-state index in [0.29, 0.717) is 0 Å². The first-order valence-electron chi connectivity index (χ1n) is 4.69. The molecule has 4 nitrogen and oxygen atoms in total. The SMILES string of the molecule is Cc1ccc(-c2nc3ccncc3[nH]2)o1. The van der Waals surface area contributed by atoms with Gasteiger partial charge in [-0.3, -0.25) is 4.98 Å². The van der Waals surface area contributed by atoms with E-state index >= 15 is 0 Å². The summed E-state index contributed by atoms with van der Waals surface area (Å²) >= 11 is 0. The number of hydrogen-bond donors (Lipinski definition) is 1. The lowest BCUT2D eigenvalue weighted by atomic mass is 10.4. The summed E-state index contributed by atoms with van der Waals surface area (Å²) in [7, 11) is 0. The molecule has 0 bridgehead atoms. The van der Waals surface area contributed by atoms with Crippen molar-refractivity contribution in [2.45, 2.75) is 6.92 Å². The van der Waals surface area contributed by atoms with Gasteiger partial charge in [-0.2, -0.15) is 0 Å². The molecular formula is C11H9N3O. The maximum absolute atomic E-state index is 5.48. The predicted molar refractivity (Wildman–Crippen MR) is 56.3 cm³/mol. The lowest BCUT2D eigenvalue weighted by molar-refractivity contribution is 0.545. The third kappa shape index (κ3) is 1.30. The molecule has 0 aliphatic rings. The third-order valence-electron chi connectivity index (χ3n) is 2.26. The van der Waals surface area contributed by atoms with Gasteiger partial charge in [0.25, 0.3) is 0 Å². The topological polar surface area (TPSA) is 54.7 Å². The monoisotopic (exact) mass is 199 g/mol. The van der Waals surface area contributed by atoms with Crippen molar-refractivity contribution in [1.82, 2.24) is 15.0 Å². The van der Waals surface area contributed by atoms with Crippen LogP contribution in [0.4, 0.5) is 0 Å². The maximum Gasteiger partial charge on any atom is 0.174 e. The summed E-state index contributed by atoms with van der Waals surface area (Å²) < 4.78 is 5.48. The normalized spacial score (nSPS) is 11.0. The largest absolute Gasteiger partial charge is 0.458 e. The van der Waals surface area contributed by atoms with Crippen LogP contribution in [0.1, 0.15) is 5.76 Å². The van der Waals surface area contributed by atoms with Gasteiger partial charge in [0.15, 0.2) is 11.6 Å². The van der Waals surface area contributed by atoms with Gasteiger partial charge in [-0.1, -0.05) is 0 Å². The van der Waals surface area contributed by atoms with Crippen LogP contribution in [0.15, 0.2) is 35.0 Å². The highest BCUT2D eigenvalue weighted by Gasteiger charge is 2.07. The lowest BCUT2D eigenvalue weighted by Gasteiger charge is -1.87. The number of fused-ring (bicyclic) bond motifs is 1. The van der Waals surface area contributed by atoms with E-state index in [0.717, 1.165) is 28.4 Å². The van der Waals surface area contributed by atoms with E-state index in [2.05, 4.69) is 15.0 Å². The van der Waals surface area contributed by atoms with Crippen LogP contribution in [0.25, 0.3) is 22.6 Å². The highest BCUT2D eigenvalue weighted by atomic mass is 16.3. The molecule has 3 aromatic rings. The molecular weight excluding hydrogens is 190 g/mol. The molecule has 0 fully saturated rings. The van der Waals surface area contributed by atoms with Gasteiger partial charge in [0.05, 0.1) is 17.2 Å². The molecule has 0 radical (unpaired) electrons. The molecule has 1 N–H and O–H groups in total. The average Bonchev–Trinajstić information content (AvgIpc) is 2.82. The molecule has 3 heterocycles. The number of pyridine rings is 1. The van der Waals surface area contributed by atoms with E-state index in [-0.39, 0.29) is 0 Å². The number of H-pyrrole nitrogens is 1. The van der Waals surface area contributed by atoms with E-state index in [9.17, 15) is 0 Å². The molecule has 4 heteroatoms. The minimum Gasteiger partial charge on any atom is -0.458 e. The smallest absolute Gasteiger partial charge is 0.174 e. The zero-order chi connectivity index (χ0) is 10.3. The van der Waals surface area contributed by atoms with Gasteiger partial charge in [0.2, 0.25) is 0 Å². The van der Waals surface area contributed by atoms with Crippen LogP contribution in [-0.4, -0.2) is 15.0 Å². The molecule has 0 aliphatic carbocycles. The maximum atomic E-state index is 5.48. The molecule has 15 heavy (non-hydrogen) atoms. The van der Waals surface area contributed by atoms with Crippen LogP contribution >= 0.6 is 0 Å². The van der Waals surface area contributed by atoms with E-state index < -0.39 is 0 Å². The molecule has 3 rings (SSSR count). The van der Waals surface area contributed by atoms with Crippen LogP contribution < -0.4 is 0 Å². The molecule has 0 spiro atoms. The van der Waals surface area contributed by atoms with Crippen LogP contribution in [0.2, 0.25) is 0 Å². The highest BCUT2D eigenvalue weighted by molar-refractivity contribution is 5.77. The van der Waals surface area contributed by atoms with Crippen LogP contribution in [0.3, 0.4) is 0 Å². The van der Waals surface area contributed by atoms with Crippen molar-refractivity contribution in [3.63, 3.8) is 0 Å². The fraction of sp³-hybridized carbons (Fsp3) is 0.0909. The van der Waals surface area contributed by atoms with Gasteiger partial charge < -0.3 is 9.40 Å². The Labute approximate surface area is 86.0 Å². The van der Waals surface area contributed by atoms with Crippen LogP contribution in [0, 0.1) is 6.92 Å². The first-order chi connectivity index (χ1) is 7.33. The predicted octanol–water partition coefficient (Wildman–Crippen LogP) is 2.53. The van der Waals surface area contributed by atoms with Crippen molar-refractivity contribution in [3.8, 4) is 11.6 Å². The Morgan fingerprint density at radius 1 is 1.27 bits per heavy atom. The zero-order valence-electron chi connectivity index (χ0n) is 8.19. The van der Waals surface area contributed by atoms with E-state index in [1.165, 1.54) is 0 Å². The standard InChI is InChI=1S/C11H9N3O/c1-7-2-3-10(15-7)11-13-8-4-5-12-6-9(8)14-11/h2-6H,1H3,(H,13,14). The quantitative estimate of drug-likeness (QED) is 0.655. The summed E-state index contributed by atoms with van der Waals surface area (Å²) in [4.78, 5) is 11.6. The molecule has 0 atom stereocenters. The summed E-state index contributed by atoms with van der Waals surface area (Å²) in [6.07, 6.45) is 3.47. The van der Waals surface area contributed by atoms with Crippen LogP contribution in [0.5, 0.6) is 0 Å². The molecule has 0 unspecified atom stereocenters. The molecule has 0 saturated carbocycles. The fourth-order valence-electron chi connectivity index (χ4n) is 1.54. The Kier molecular flexibility index (Phi) is 1.62. The highest BCUT2D eigenvalue weighted by Crippen LogP contribution is 2.21. The fourth-order valence-corrected chi connectivity index (χ4v) is 1.54. The summed E-state index contributed by atoms with van der Waals surface area (Å²) in [5, 5.41) is 0. The Balaban J connectivity index is 2.19. The Morgan fingerprint density at radius 2 is 2.20 bits per heavy atom. The van der Waals surface area contributed by atoms with Gasteiger partial charge >= 0.3 is 0 Å². The number of rotatable bonds is 1. The van der Waals surface area contributed by atoms with E-state index in [4.69, 9.17) is 4.42 Å². The summed E-state index contributed by atoms with van der Waals surface area (Å²) in [5.41, 5.74) is 1.82.